The van der Waals surface area contributed by atoms with Gasteiger partial charge in [0.25, 0.3) is 0 Å². The maximum Gasteiger partial charge on any atom is 0.194 e. The fourth-order valence-corrected chi connectivity index (χ4v) is 8.45. The second-order valence-electron chi connectivity index (χ2n) is 9.56. The molecule has 148 valence electrons. The van der Waals surface area contributed by atoms with Gasteiger partial charge < -0.3 is 5.11 Å². The van der Waals surface area contributed by atoms with E-state index in [1.54, 1.807) is 12.2 Å². The maximum absolute atomic E-state index is 12.8. The number of ketones is 1. The minimum atomic E-state index is -0.454. The Bertz CT molecular complexity index is 731. The number of alkyl halides is 1. The SMILES string of the molecule is C[C@@H]1CC2C3CCC4=CC(=O)C=C[C@]4(C)C3[C@@H](O)C[C@]2(C)[C@H]1C(=O)SCCl. The first-order chi connectivity index (χ1) is 12.7. The quantitative estimate of drug-likeness (QED) is 0.679. The molecule has 4 rings (SSSR count). The second kappa shape index (κ2) is 6.74. The molecule has 3 unspecified atom stereocenters. The maximum atomic E-state index is 12.8. The predicted octanol–water partition coefficient (Wildman–Crippen LogP) is 4.58. The second-order valence-corrected chi connectivity index (χ2v) is 11.1. The van der Waals surface area contributed by atoms with E-state index in [-0.39, 0.29) is 33.6 Å². The molecule has 8 atom stereocenters. The zero-order valence-electron chi connectivity index (χ0n) is 16.3. The molecule has 5 heteroatoms. The number of carbonyl (C=O) groups is 2. The van der Waals surface area contributed by atoms with Gasteiger partial charge in [0, 0.05) is 17.3 Å². The van der Waals surface area contributed by atoms with Crippen LogP contribution in [0.3, 0.4) is 0 Å². The zero-order valence-corrected chi connectivity index (χ0v) is 17.9. The van der Waals surface area contributed by atoms with Crippen molar-refractivity contribution in [3.8, 4) is 0 Å². The molecule has 27 heavy (non-hydrogen) atoms. The van der Waals surface area contributed by atoms with Crippen LogP contribution in [0.4, 0.5) is 0 Å². The summed E-state index contributed by atoms with van der Waals surface area (Å²) in [5.74, 6) is 1.31. The average Bonchev–Trinajstić information content (AvgIpc) is 2.85. The van der Waals surface area contributed by atoms with Gasteiger partial charge in [0.05, 0.1) is 11.3 Å². The van der Waals surface area contributed by atoms with Gasteiger partial charge in [-0.3, -0.25) is 9.59 Å². The molecule has 3 nitrogen and oxygen atoms in total. The topological polar surface area (TPSA) is 54.4 Å². The van der Waals surface area contributed by atoms with Crippen molar-refractivity contribution in [1.29, 1.82) is 0 Å². The minimum absolute atomic E-state index is 0.0323. The number of hydrogen-bond acceptors (Lipinski definition) is 4. The van der Waals surface area contributed by atoms with Crippen LogP contribution < -0.4 is 0 Å². The van der Waals surface area contributed by atoms with E-state index in [0.717, 1.165) is 19.3 Å². The highest BCUT2D eigenvalue weighted by atomic mass is 35.5. The van der Waals surface area contributed by atoms with Crippen LogP contribution in [0.2, 0.25) is 0 Å². The normalized spacial score (nSPS) is 48.5. The highest BCUT2D eigenvalue weighted by Crippen LogP contribution is 2.67. The molecule has 0 spiro atoms. The van der Waals surface area contributed by atoms with Gasteiger partial charge in [0.1, 0.15) is 0 Å². The first-order valence-electron chi connectivity index (χ1n) is 10.1. The van der Waals surface area contributed by atoms with Crippen molar-refractivity contribution in [3.05, 3.63) is 23.8 Å². The third-order valence-corrected chi connectivity index (χ3v) is 9.26. The average molecular weight is 409 g/mol. The first kappa shape index (κ1) is 19.7. The Labute approximate surface area is 171 Å². The van der Waals surface area contributed by atoms with E-state index < -0.39 is 6.10 Å². The van der Waals surface area contributed by atoms with E-state index in [0.29, 0.717) is 29.4 Å². The number of rotatable bonds is 2. The van der Waals surface area contributed by atoms with Gasteiger partial charge in [-0.05, 0) is 61.0 Å². The van der Waals surface area contributed by atoms with Crippen molar-refractivity contribution in [2.75, 3.05) is 5.21 Å². The lowest BCUT2D eigenvalue weighted by Crippen LogP contribution is -2.56. The van der Waals surface area contributed by atoms with E-state index in [9.17, 15) is 14.7 Å². The van der Waals surface area contributed by atoms with Crippen LogP contribution >= 0.6 is 23.4 Å². The fourth-order valence-electron chi connectivity index (χ4n) is 7.34. The summed E-state index contributed by atoms with van der Waals surface area (Å²) >= 11 is 7.06. The Kier molecular flexibility index (Phi) is 4.92. The lowest BCUT2D eigenvalue weighted by atomic mass is 9.47. The van der Waals surface area contributed by atoms with Crippen molar-refractivity contribution in [3.63, 3.8) is 0 Å². The summed E-state index contributed by atoms with van der Waals surface area (Å²) in [6.45, 7) is 6.61. The number of fused-ring (bicyclic) bond motifs is 5. The van der Waals surface area contributed by atoms with Crippen LogP contribution in [0.15, 0.2) is 23.8 Å². The summed E-state index contributed by atoms with van der Waals surface area (Å²) in [5.41, 5.74) is 0.769. The summed E-state index contributed by atoms with van der Waals surface area (Å²) < 4.78 is 0. The number of aliphatic hydroxyl groups excluding tert-OH is 1. The lowest BCUT2D eigenvalue weighted by molar-refractivity contribution is -0.133. The molecule has 1 N–H and O–H groups in total. The van der Waals surface area contributed by atoms with Crippen molar-refractivity contribution in [2.45, 2.75) is 52.6 Å². The summed E-state index contributed by atoms with van der Waals surface area (Å²) in [4.78, 5) is 24.7. The Hall–Kier alpha value is -0.580. The van der Waals surface area contributed by atoms with Crippen molar-refractivity contribution < 1.29 is 14.7 Å². The molecule has 4 aliphatic rings. The van der Waals surface area contributed by atoms with Gasteiger partial charge in [-0.25, -0.2) is 0 Å². The van der Waals surface area contributed by atoms with E-state index in [1.807, 2.05) is 6.08 Å². The van der Waals surface area contributed by atoms with Crippen molar-refractivity contribution in [1.82, 2.24) is 0 Å². The molecule has 3 fully saturated rings. The number of hydrogen-bond donors (Lipinski definition) is 1. The van der Waals surface area contributed by atoms with Gasteiger partial charge in [0.15, 0.2) is 10.9 Å². The number of halogens is 1. The Balaban J connectivity index is 1.71. The molecule has 0 aliphatic heterocycles. The summed E-state index contributed by atoms with van der Waals surface area (Å²) in [6, 6.07) is 0. The van der Waals surface area contributed by atoms with Crippen molar-refractivity contribution >= 4 is 34.3 Å². The highest BCUT2D eigenvalue weighted by Gasteiger charge is 2.64. The van der Waals surface area contributed by atoms with E-state index in [1.165, 1.54) is 17.3 Å². The van der Waals surface area contributed by atoms with Crippen LogP contribution in [0.25, 0.3) is 0 Å². The number of carbonyl (C=O) groups excluding carboxylic acids is 2. The highest BCUT2D eigenvalue weighted by molar-refractivity contribution is 8.14. The molecule has 0 aromatic rings. The lowest BCUT2D eigenvalue weighted by Gasteiger charge is -2.58. The molecular weight excluding hydrogens is 380 g/mol. The predicted molar refractivity (Wildman–Crippen MR) is 109 cm³/mol. The molecule has 3 saturated carbocycles. The van der Waals surface area contributed by atoms with Crippen LogP contribution in [0.5, 0.6) is 0 Å². The molecule has 0 aromatic heterocycles. The van der Waals surface area contributed by atoms with Crippen molar-refractivity contribution in [2.24, 2.45) is 40.4 Å². The van der Waals surface area contributed by atoms with Gasteiger partial charge in [0.2, 0.25) is 0 Å². The first-order valence-corrected chi connectivity index (χ1v) is 11.6. The Morgan fingerprint density at radius 3 is 2.85 bits per heavy atom. The molecule has 0 amide bonds. The summed E-state index contributed by atoms with van der Waals surface area (Å²) in [7, 11) is 0. The summed E-state index contributed by atoms with van der Waals surface area (Å²) in [6.07, 6.45) is 8.66. The molecule has 0 heterocycles. The fraction of sp³-hybridized carbons (Fsp3) is 0.727. The standard InChI is InChI=1S/C22H29ClO3S/c1-12-8-16-15-5-4-13-9-14(24)6-7-21(13,2)19(15)17(25)10-22(16,3)18(12)20(26)27-11-23/h6-7,9,12,15-19,25H,4-5,8,10-11H2,1-3H3/t12-,15?,16?,17+,18-,19?,21+,22+/m1/s1. The van der Waals surface area contributed by atoms with Crippen LogP contribution in [-0.4, -0.2) is 27.3 Å². The summed E-state index contributed by atoms with van der Waals surface area (Å²) in [5, 5.41) is 11.8. The van der Waals surface area contributed by atoms with Gasteiger partial charge in [-0.1, -0.05) is 44.2 Å². The smallest absolute Gasteiger partial charge is 0.194 e. The third kappa shape index (κ3) is 2.81. The zero-order chi connectivity index (χ0) is 19.6. The van der Waals surface area contributed by atoms with E-state index >= 15 is 0 Å². The molecule has 4 aliphatic carbocycles. The molecule has 0 aromatic carbocycles. The number of thioether (sulfide) groups is 1. The Morgan fingerprint density at radius 2 is 2.15 bits per heavy atom. The van der Waals surface area contributed by atoms with E-state index in [4.69, 9.17) is 11.6 Å². The van der Waals surface area contributed by atoms with Gasteiger partial charge in [-0.15, -0.1) is 11.6 Å². The Morgan fingerprint density at radius 1 is 1.41 bits per heavy atom. The molecule has 0 radical (unpaired) electrons. The minimum Gasteiger partial charge on any atom is -0.393 e. The monoisotopic (exact) mass is 408 g/mol. The molecule has 0 saturated heterocycles. The molecular formula is C22H29ClO3S. The number of allylic oxidation sites excluding steroid dienone is 4. The van der Waals surface area contributed by atoms with E-state index in [2.05, 4.69) is 20.8 Å². The van der Waals surface area contributed by atoms with Gasteiger partial charge >= 0.3 is 0 Å². The number of aliphatic hydroxyl groups is 1. The van der Waals surface area contributed by atoms with Crippen LogP contribution in [0.1, 0.15) is 46.5 Å². The van der Waals surface area contributed by atoms with Crippen LogP contribution in [-0.2, 0) is 9.59 Å². The largest absolute Gasteiger partial charge is 0.393 e. The van der Waals surface area contributed by atoms with Crippen LogP contribution in [0, 0.1) is 40.4 Å². The van der Waals surface area contributed by atoms with Gasteiger partial charge in [-0.2, -0.15) is 0 Å². The molecule has 0 bridgehead atoms. The third-order valence-electron chi connectivity index (χ3n) is 8.29.